The average Bonchev–Trinajstić information content (AvgIpc) is 3.72. The number of alkyl halides is 2. The van der Waals surface area contributed by atoms with Crippen LogP contribution < -0.4 is 17.0 Å². The Morgan fingerprint density at radius 3 is 2.38 bits per heavy atom. The van der Waals surface area contributed by atoms with Gasteiger partial charge in [0.05, 0.1) is 30.8 Å². The van der Waals surface area contributed by atoms with Crippen LogP contribution in [0.1, 0.15) is 12.5 Å². The van der Waals surface area contributed by atoms with E-state index in [0.29, 0.717) is 0 Å². The first-order valence-corrected chi connectivity index (χ1v) is 18.3. The Kier molecular flexibility index (Phi) is 7.86. The minimum atomic E-state index is -4.25. The number of nitrogens with zero attached hydrogens (tertiary/aromatic N) is 8. The summed E-state index contributed by atoms with van der Waals surface area (Å²) in [4.78, 5) is 52.5. The third-order valence-electron chi connectivity index (χ3n) is 7.12. The highest BCUT2D eigenvalue weighted by Gasteiger charge is 2.60. The number of nitrogens with two attached hydrogens (primary N) is 2. The maximum Gasteiger partial charge on any atom is 0.476 e. The zero-order chi connectivity index (χ0) is 31.8. The monoisotopic (exact) mass is 713 g/mol. The molecule has 0 aliphatic carbocycles. The molecule has 7 heterocycles. The molecule has 0 radical (unpaired) electrons. The van der Waals surface area contributed by atoms with Crippen molar-refractivity contribution >= 4 is 72.9 Å². The second kappa shape index (κ2) is 11.3. The molecule has 10 atom stereocenters. The molecule has 3 saturated heterocycles. The molecule has 3 aliphatic heterocycles. The van der Waals surface area contributed by atoms with Gasteiger partial charge in [0.2, 0.25) is 5.95 Å². The van der Waals surface area contributed by atoms with E-state index in [1.54, 1.807) is 0 Å². The Morgan fingerprint density at radius 2 is 1.62 bits per heavy atom. The molecule has 3 fully saturated rings. The van der Waals surface area contributed by atoms with Crippen LogP contribution in [0.15, 0.2) is 17.4 Å². The van der Waals surface area contributed by atoms with Gasteiger partial charge in [-0.1, -0.05) is 5.21 Å². The first-order chi connectivity index (χ1) is 21.3. The van der Waals surface area contributed by atoms with E-state index in [-0.39, 0.29) is 34.1 Å². The molecular formula is C19H23F2N11O9P2S2+2. The Bertz CT molecular complexity index is 1820. The topological polar surface area (TPSA) is 268 Å². The molecule has 26 heteroatoms. The lowest BCUT2D eigenvalue weighted by atomic mass is 10.1. The fraction of sp³-hybridized carbons (Fsp3) is 0.526. The van der Waals surface area contributed by atoms with Crippen molar-refractivity contribution in [2.24, 2.45) is 0 Å². The standard InChI is InChI=1S/C19H22F2N11O9P2S2/c20-7-5-1-36-42(34,44)40-11-6(39-17(8(11)21)32-14-9(29-30-32)13(22)24-3-25-14)2-37-43(35,45)41-12(7)18(38-5)31-4-26-10-15(31)27-19(23)28-16(10)33/h3-8,11-12,17-18,34-35,44-45H,1-2H2,(H4-,22,23,24,25,27,28,30,33)/q+1/p+1/t5-,6?,7-,8+,11-,12?,17-,18-,42?,43?/m1/s1. The minimum Gasteiger partial charge on any atom is -0.382 e. The summed E-state index contributed by atoms with van der Waals surface area (Å²) >= 11 is 8.16. The van der Waals surface area contributed by atoms with Crippen molar-refractivity contribution < 1.29 is 46.1 Å². The lowest BCUT2D eigenvalue weighted by Gasteiger charge is -2.23. The van der Waals surface area contributed by atoms with E-state index >= 15 is 8.78 Å². The van der Waals surface area contributed by atoms with Gasteiger partial charge in [-0.3, -0.25) is 14.3 Å². The Labute approximate surface area is 260 Å². The fourth-order valence-electron chi connectivity index (χ4n) is 5.12. The molecule has 0 saturated carbocycles. The van der Waals surface area contributed by atoms with E-state index in [1.165, 1.54) is 4.57 Å². The number of ether oxygens (including phenoxy) is 2. The number of halogens is 2. The first-order valence-electron chi connectivity index (χ1n) is 12.8. The number of nitrogen functional groups attached to an aromatic ring is 2. The second-order valence-corrected chi connectivity index (χ2v) is 15.9. The summed E-state index contributed by atoms with van der Waals surface area (Å²) in [6, 6.07) is 0. The summed E-state index contributed by atoms with van der Waals surface area (Å²) in [6.07, 6.45) is -10.9. The minimum absolute atomic E-state index is 0.0102. The van der Waals surface area contributed by atoms with Crippen LogP contribution in [0.2, 0.25) is 0 Å². The summed E-state index contributed by atoms with van der Waals surface area (Å²) < 4.78 is 67.8. The van der Waals surface area contributed by atoms with E-state index in [9.17, 15) is 14.6 Å². The summed E-state index contributed by atoms with van der Waals surface area (Å²) in [7, 11) is -8.46. The van der Waals surface area contributed by atoms with Crippen LogP contribution in [0.3, 0.4) is 0 Å². The van der Waals surface area contributed by atoms with Crippen LogP contribution in [-0.4, -0.2) is 104 Å². The Morgan fingerprint density at radius 1 is 0.933 bits per heavy atom. The number of aromatic amines is 1. The Hall–Kier alpha value is -2.47. The fourth-order valence-corrected chi connectivity index (χ4v) is 8.08. The molecule has 20 nitrogen and oxygen atoms in total. The average molecular weight is 714 g/mol. The molecule has 45 heavy (non-hydrogen) atoms. The van der Waals surface area contributed by atoms with Crippen molar-refractivity contribution in [2.45, 2.75) is 49.2 Å². The second-order valence-electron chi connectivity index (χ2n) is 9.97. The molecule has 4 aromatic rings. The van der Waals surface area contributed by atoms with Crippen LogP contribution >= 0.6 is 38.8 Å². The van der Waals surface area contributed by atoms with Crippen LogP contribution in [0, 0.1) is 0 Å². The lowest BCUT2D eigenvalue weighted by molar-refractivity contribution is -0.0623. The zero-order valence-corrected chi connectivity index (χ0v) is 25.8. The summed E-state index contributed by atoms with van der Waals surface area (Å²) in [6.45, 7) is -1.33. The molecule has 2 bridgehead atoms. The molecule has 0 aromatic carbocycles. The highest BCUT2D eigenvalue weighted by atomic mass is 32.7. The molecule has 7 N–H and O–H groups in total. The first kappa shape index (κ1) is 31.1. The summed E-state index contributed by atoms with van der Waals surface area (Å²) in [5, 5.41) is 7.74. The number of H-pyrrole nitrogens is 1. The SMILES string of the molecule is Nc1nc2c(ncn2[C@@H]2O[C@@H]3CO[P+](O)(S)O[C@@H]4C(CO[P+](O)(S)OC2[C@@H]3F)O[C@@H](n2nnc3c(N)ncnc32)[C@H]4F)c(=O)[nH]1. The molecular weight excluding hydrogens is 690 g/mol. The van der Waals surface area contributed by atoms with Gasteiger partial charge in [0.15, 0.2) is 65.2 Å². The number of nitrogens with one attached hydrogen (secondary N) is 1. The number of fused-ring (bicyclic) bond motifs is 5. The van der Waals surface area contributed by atoms with E-state index in [2.05, 4.69) is 59.7 Å². The predicted octanol–water partition coefficient (Wildman–Crippen LogP) is 0.00650. The quantitative estimate of drug-likeness (QED) is 0.106. The largest absolute Gasteiger partial charge is 0.476 e. The van der Waals surface area contributed by atoms with Crippen molar-refractivity contribution in [2.75, 3.05) is 24.7 Å². The number of thiol groups is 2. The van der Waals surface area contributed by atoms with E-state index < -0.39 is 82.3 Å². The predicted molar refractivity (Wildman–Crippen MR) is 156 cm³/mol. The van der Waals surface area contributed by atoms with Crippen LogP contribution in [0.4, 0.5) is 20.5 Å². The van der Waals surface area contributed by atoms with Gasteiger partial charge in [0, 0.05) is 0 Å². The maximum absolute atomic E-state index is 16.0. The number of rotatable bonds is 2. The Balaban J connectivity index is 1.20. The van der Waals surface area contributed by atoms with Gasteiger partial charge in [-0.2, -0.15) is 37.5 Å². The number of aromatic nitrogens is 9. The third-order valence-corrected chi connectivity index (χ3v) is 10.4. The van der Waals surface area contributed by atoms with Crippen molar-refractivity contribution in [3.8, 4) is 0 Å². The van der Waals surface area contributed by atoms with Gasteiger partial charge in [-0.15, -0.1) is 5.10 Å². The highest BCUT2D eigenvalue weighted by molar-refractivity contribution is 8.47. The van der Waals surface area contributed by atoms with Crippen LogP contribution in [-0.2, 0) is 27.6 Å². The number of imidazole rings is 1. The van der Waals surface area contributed by atoms with Gasteiger partial charge in [-0.05, 0) is 0 Å². The zero-order valence-electron chi connectivity index (χ0n) is 22.2. The smallest absolute Gasteiger partial charge is 0.382 e. The van der Waals surface area contributed by atoms with Gasteiger partial charge < -0.3 is 20.9 Å². The normalized spacial score (nSPS) is 37.7. The number of anilines is 2. The van der Waals surface area contributed by atoms with E-state index in [4.69, 9.17) is 39.0 Å². The highest BCUT2D eigenvalue weighted by Crippen LogP contribution is 2.67. The maximum atomic E-state index is 16.0. The van der Waals surface area contributed by atoms with Crippen molar-refractivity contribution in [3.05, 3.63) is 23.0 Å². The van der Waals surface area contributed by atoms with Gasteiger partial charge >= 0.3 is 14.3 Å². The summed E-state index contributed by atoms with van der Waals surface area (Å²) in [5.74, 6) is -0.262. The summed E-state index contributed by atoms with van der Waals surface area (Å²) in [5.41, 5.74) is 10.7. The van der Waals surface area contributed by atoms with Crippen molar-refractivity contribution in [3.63, 3.8) is 0 Å². The van der Waals surface area contributed by atoms with Crippen LogP contribution in [0.5, 0.6) is 0 Å². The molecule has 3 aliphatic rings. The van der Waals surface area contributed by atoms with Gasteiger partial charge in [-0.25, -0.2) is 23.7 Å². The van der Waals surface area contributed by atoms with Crippen molar-refractivity contribution in [1.29, 1.82) is 0 Å². The number of hydrogen-bond donors (Lipinski definition) is 7. The molecule has 0 amide bonds. The third kappa shape index (κ3) is 5.61. The molecule has 242 valence electrons. The van der Waals surface area contributed by atoms with Crippen molar-refractivity contribution in [1.82, 2.24) is 44.5 Å². The van der Waals surface area contributed by atoms with Gasteiger partial charge in [0.25, 0.3) is 5.56 Å². The molecule has 4 aromatic heterocycles. The van der Waals surface area contributed by atoms with Gasteiger partial charge in [0.1, 0.15) is 31.7 Å². The number of hydrogen-bond acceptors (Lipinski definition) is 19. The molecule has 0 spiro atoms. The molecule has 7 rings (SSSR count). The lowest BCUT2D eigenvalue weighted by Crippen LogP contribution is -2.34. The van der Waals surface area contributed by atoms with E-state index in [1.807, 2.05) is 0 Å². The van der Waals surface area contributed by atoms with E-state index in [0.717, 1.165) is 17.3 Å². The molecule has 4 unspecified atom stereocenters. The van der Waals surface area contributed by atoms with Crippen LogP contribution in [0.25, 0.3) is 22.3 Å².